The first-order valence-electron chi connectivity index (χ1n) is 4.50. The maximum atomic E-state index is 12.4. The van der Waals surface area contributed by atoms with Crippen LogP contribution in [0.3, 0.4) is 0 Å². The minimum atomic E-state index is -0.451. The van der Waals surface area contributed by atoms with Crippen LogP contribution >= 0.6 is 11.6 Å². The highest BCUT2D eigenvalue weighted by atomic mass is 35.5. The van der Waals surface area contributed by atoms with Crippen molar-refractivity contribution in [3.05, 3.63) is 34.7 Å². The Morgan fingerprint density at radius 3 is 2.79 bits per heavy atom. The molecule has 0 unspecified atom stereocenters. The number of ether oxygens (including phenoxy) is 1. The number of hydrogen-bond donors (Lipinski definition) is 0. The molecule has 0 aliphatic rings. The molecular formula is C11H13ClFO. The zero-order valence-electron chi connectivity index (χ0n) is 8.31. The molecule has 0 aliphatic heterocycles. The molecule has 1 radical (unpaired) electrons. The van der Waals surface area contributed by atoms with E-state index in [1.54, 1.807) is 25.1 Å². The van der Waals surface area contributed by atoms with E-state index in [0.29, 0.717) is 23.3 Å². The highest BCUT2D eigenvalue weighted by molar-refractivity contribution is 6.32. The number of halogens is 2. The van der Waals surface area contributed by atoms with E-state index in [1.807, 2.05) is 6.92 Å². The molecule has 0 fully saturated rings. The molecular weight excluding hydrogens is 203 g/mol. The fourth-order valence-electron chi connectivity index (χ4n) is 1.11. The summed E-state index contributed by atoms with van der Waals surface area (Å²) in [6.07, 6.45) is 0. The average Bonchev–Trinajstić information content (AvgIpc) is 2.20. The van der Waals surface area contributed by atoms with Crippen LogP contribution < -0.4 is 4.74 Å². The third-order valence-corrected chi connectivity index (χ3v) is 2.24. The molecule has 0 saturated heterocycles. The molecule has 0 aliphatic carbocycles. The second-order valence-electron chi connectivity index (χ2n) is 2.99. The SMILES string of the molecule is CCOc1cc([C](C)CF)ccc1Cl. The van der Waals surface area contributed by atoms with E-state index >= 15 is 0 Å². The van der Waals surface area contributed by atoms with E-state index in [-0.39, 0.29) is 0 Å². The van der Waals surface area contributed by atoms with Crippen molar-refractivity contribution in [1.29, 1.82) is 0 Å². The van der Waals surface area contributed by atoms with Crippen molar-refractivity contribution >= 4 is 11.6 Å². The Bertz CT molecular complexity index is 301. The zero-order valence-corrected chi connectivity index (χ0v) is 9.07. The number of alkyl halides is 1. The maximum absolute atomic E-state index is 12.4. The van der Waals surface area contributed by atoms with Gasteiger partial charge in [-0.3, -0.25) is 4.39 Å². The summed E-state index contributed by atoms with van der Waals surface area (Å²) in [7, 11) is 0. The first-order chi connectivity index (χ1) is 6.69. The third-order valence-electron chi connectivity index (χ3n) is 1.92. The minimum absolute atomic E-state index is 0.451. The minimum Gasteiger partial charge on any atom is -0.492 e. The van der Waals surface area contributed by atoms with Crippen LogP contribution in [0, 0.1) is 5.92 Å². The average molecular weight is 216 g/mol. The van der Waals surface area contributed by atoms with E-state index in [1.165, 1.54) is 0 Å². The number of rotatable bonds is 4. The van der Waals surface area contributed by atoms with E-state index in [9.17, 15) is 4.39 Å². The third kappa shape index (κ3) is 2.61. The molecule has 0 saturated carbocycles. The van der Waals surface area contributed by atoms with Gasteiger partial charge in [0.1, 0.15) is 5.75 Å². The summed E-state index contributed by atoms with van der Waals surface area (Å²) < 4.78 is 17.7. The predicted octanol–water partition coefficient (Wildman–Crippen LogP) is 3.65. The van der Waals surface area contributed by atoms with E-state index < -0.39 is 6.67 Å². The molecule has 0 bridgehead atoms. The van der Waals surface area contributed by atoms with Gasteiger partial charge in [0, 0.05) is 5.92 Å². The Morgan fingerprint density at radius 2 is 2.21 bits per heavy atom. The molecule has 0 heterocycles. The molecule has 1 aromatic rings. The van der Waals surface area contributed by atoms with Crippen molar-refractivity contribution in [3.8, 4) is 5.75 Å². The van der Waals surface area contributed by atoms with Gasteiger partial charge in [0.15, 0.2) is 0 Å². The van der Waals surface area contributed by atoms with Gasteiger partial charge >= 0.3 is 0 Å². The lowest BCUT2D eigenvalue weighted by atomic mass is 10.0. The van der Waals surface area contributed by atoms with Gasteiger partial charge in [0.2, 0.25) is 0 Å². The first kappa shape index (κ1) is 11.3. The topological polar surface area (TPSA) is 9.23 Å². The van der Waals surface area contributed by atoms with Crippen LogP contribution in [-0.2, 0) is 0 Å². The van der Waals surface area contributed by atoms with Crippen LogP contribution in [0.5, 0.6) is 5.75 Å². The molecule has 0 amide bonds. The van der Waals surface area contributed by atoms with E-state index in [0.717, 1.165) is 5.56 Å². The van der Waals surface area contributed by atoms with Crippen LogP contribution in [0.15, 0.2) is 18.2 Å². The highest BCUT2D eigenvalue weighted by Gasteiger charge is 2.09. The fourth-order valence-corrected chi connectivity index (χ4v) is 1.28. The largest absolute Gasteiger partial charge is 0.492 e. The summed E-state index contributed by atoms with van der Waals surface area (Å²) in [5.74, 6) is 1.29. The predicted molar refractivity (Wildman–Crippen MR) is 56.6 cm³/mol. The smallest absolute Gasteiger partial charge is 0.138 e. The molecule has 3 heteroatoms. The molecule has 14 heavy (non-hydrogen) atoms. The van der Waals surface area contributed by atoms with Crippen molar-refractivity contribution in [2.75, 3.05) is 13.3 Å². The molecule has 1 aromatic carbocycles. The summed E-state index contributed by atoms with van der Waals surface area (Å²) in [6, 6.07) is 5.28. The maximum Gasteiger partial charge on any atom is 0.138 e. The van der Waals surface area contributed by atoms with Crippen LogP contribution in [0.2, 0.25) is 5.02 Å². The first-order valence-corrected chi connectivity index (χ1v) is 4.88. The van der Waals surface area contributed by atoms with Crippen molar-refractivity contribution < 1.29 is 9.13 Å². The molecule has 0 spiro atoms. The van der Waals surface area contributed by atoms with Crippen molar-refractivity contribution in [3.63, 3.8) is 0 Å². The highest BCUT2D eigenvalue weighted by Crippen LogP contribution is 2.28. The van der Waals surface area contributed by atoms with Crippen LogP contribution in [0.1, 0.15) is 19.4 Å². The fraction of sp³-hybridized carbons (Fsp3) is 0.364. The van der Waals surface area contributed by atoms with Crippen LogP contribution in [0.4, 0.5) is 4.39 Å². The Morgan fingerprint density at radius 1 is 1.50 bits per heavy atom. The molecule has 1 rings (SSSR count). The van der Waals surface area contributed by atoms with Gasteiger partial charge in [0.25, 0.3) is 0 Å². The summed E-state index contributed by atoms with van der Waals surface area (Å²) in [6.45, 7) is 3.73. The summed E-state index contributed by atoms with van der Waals surface area (Å²) >= 11 is 5.89. The van der Waals surface area contributed by atoms with Gasteiger partial charge in [-0.2, -0.15) is 0 Å². The van der Waals surface area contributed by atoms with Gasteiger partial charge < -0.3 is 4.74 Å². The summed E-state index contributed by atoms with van der Waals surface area (Å²) in [5, 5.41) is 0.558. The van der Waals surface area contributed by atoms with Gasteiger partial charge in [-0.05, 0) is 24.6 Å². The zero-order chi connectivity index (χ0) is 10.6. The van der Waals surface area contributed by atoms with Crippen LogP contribution in [0.25, 0.3) is 0 Å². The Balaban J connectivity index is 2.93. The normalized spacial score (nSPS) is 10.6. The molecule has 0 aromatic heterocycles. The lowest BCUT2D eigenvalue weighted by molar-refractivity contribution is 0.340. The Labute approximate surface area is 88.8 Å². The van der Waals surface area contributed by atoms with E-state index in [2.05, 4.69) is 0 Å². The monoisotopic (exact) mass is 215 g/mol. The number of hydrogen-bond acceptors (Lipinski definition) is 1. The molecule has 0 atom stereocenters. The quantitative estimate of drug-likeness (QED) is 0.745. The lowest BCUT2D eigenvalue weighted by Gasteiger charge is -2.10. The Kier molecular flexibility index (Phi) is 4.21. The van der Waals surface area contributed by atoms with Crippen molar-refractivity contribution in [2.45, 2.75) is 13.8 Å². The summed E-state index contributed by atoms with van der Waals surface area (Å²) in [4.78, 5) is 0. The Hall–Kier alpha value is -0.760. The molecule has 1 nitrogen and oxygen atoms in total. The summed E-state index contributed by atoms with van der Waals surface area (Å²) in [5.41, 5.74) is 0.834. The molecule has 0 N–H and O–H groups in total. The van der Waals surface area contributed by atoms with Crippen molar-refractivity contribution in [2.24, 2.45) is 0 Å². The van der Waals surface area contributed by atoms with Crippen molar-refractivity contribution in [1.82, 2.24) is 0 Å². The van der Waals surface area contributed by atoms with Gasteiger partial charge in [0.05, 0.1) is 18.3 Å². The van der Waals surface area contributed by atoms with E-state index in [4.69, 9.17) is 16.3 Å². The number of benzene rings is 1. The van der Waals surface area contributed by atoms with Crippen LogP contribution in [-0.4, -0.2) is 13.3 Å². The van der Waals surface area contributed by atoms with Gasteiger partial charge in [-0.25, -0.2) is 0 Å². The lowest BCUT2D eigenvalue weighted by Crippen LogP contribution is -1.99. The van der Waals surface area contributed by atoms with Gasteiger partial charge in [-0.1, -0.05) is 24.6 Å². The standard InChI is InChI=1S/C11H13ClFO/c1-3-14-11-6-9(8(2)7-13)4-5-10(11)12/h4-6H,3,7H2,1-2H3. The second kappa shape index (κ2) is 5.20. The molecule has 77 valence electrons. The second-order valence-corrected chi connectivity index (χ2v) is 3.40. The van der Waals surface area contributed by atoms with Gasteiger partial charge in [-0.15, -0.1) is 0 Å².